The molecule has 0 aromatic carbocycles. The van der Waals surface area contributed by atoms with Crippen molar-refractivity contribution < 1.29 is 14.7 Å². The lowest BCUT2D eigenvalue weighted by Crippen LogP contribution is -2.45. The molecule has 0 atom stereocenters. The number of nitrogens with one attached hydrogen (secondary N) is 1. The zero-order chi connectivity index (χ0) is 16.7. The fourth-order valence-corrected chi connectivity index (χ4v) is 2.92. The van der Waals surface area contributed by atoms with Crippen LogP contribution in [0.15, 0.2) is 12.4 Å². The Balaban J connectivity index is 0.00000288. The van der Waals surface area contributed by atoms with Crippen molar-refractivity contribution in [3.8, 4) is 0 Å². The summed E-state index contributed by atoms with van der Waals surface area (Å²) in [5.74, 6) is -0.124. The van der Waals surface area contributed by atoms with Crippen LogP contribution in [0.2, 0.25) is 0 Å². The summed E-state index contributed by atoms with van der Waals surface area (Å²) in [6, 6.07) is 0.522. The number of nitrogens with zero attached hydrogens (tertiary/aromatic N) is 3. The first-order valence-electron chi connectivity index (χ1n) is 8.33. The molecule has 0 radical (unpaired) electrons. The number of hydrogen-bond donors (Lipinski definition) is 2. The fourth-order valence-electron chi connectivity index (χ4n) is 2.92. The molecule has 2 rings (SSSR count). The lowest BCUT2D eigenvalue weighted by Gasteiger charge is -2.32. The molecule has 7 nitrogen and oxygen atoms in total. The number of piperidine rings is 1. The maximum absolute atomic E-state index is 12.3. The van der Waals surface area contributed by atoms with Gasteiger partial charge in [-0.15, -0.1) is 12.4 Å². The summed E-state index contributed by atoms with van der Waals surface area (Å²) in [5, 5.41) is 12.4. The molecule has 8 heteroatoms. The van der Waals surface area contributed by atoms with Gasteiger partial charge in [-0.05, 0) is 25.8 Å². The highest BCUT2D eigenvalue weighted by Gasteiger charge is 2.22. The van der Waals surface area contributed by atoms with Gasteiger partial charge in [0.15, 0.2) is 0 Å². The van der Waals surface area contributed by atoms with Gasteiger partial charge in [0.25, 0.3) is 0 Å². The Kier molecular flexibility index (Phi) is 8.78. The zero-order valence-corrected chi connectivity index (χ0v) is 14.9. The third-order valence-electron chi connectivity index (χ3n) is 4.20. The Labute approximate surface area is 148 Å². The monoisotopic (exact) mass is 358 g/mol. The van der Waals surface area contributed by atoms with E-state index in [2.05, 4.69) is 17.2 Å². The average molecular weight is 359 g/mol. The quantitative estimate of drug-likeness (QED) is 0.731. The number of carboxylic acids is 1. The van der Waals surface area contributed by atoms with Crippen LogP contribution in [-0.4, -0.2) is 57.1 Å². The van der Waals surface area contributed by atoms with E-state index in [-0.39, 0.29) is 24.9 Å². The minimum atomic E-state index is -0.905. The SMILES string of the molecule is CCCNC1CCN(C(=O)CCc2nccn2CC(=O)O)CC1.Cl. The Morgan fingerprint density at radius 2 is 2.08 bits per heavy atom. The second-order valence-electron chi connectivity index (χ2n) is 5.97. The largest absolute Gasteiger partial charge is 0.480 e. The van der Waals surface area contributed by atoms with Gasteiger partial charge in [-0.3, -0.25) is 9.59 Å². The van der Waals surface area contributed by atoms with Crippen molar-refractivity contribution in [3.05, 3.63) is 18.2 Å². The summed E-state index contributed by atoms with van der Waals surface area (Å²) in [6.45, 7) is 4.66. The van der Waals surface area contributed by atoms with Crippen molar-refractivity contribution in [1.82, 2.24) is 19.8 Å². The first-order valence-corrected chi connectivity index (χ1v) is 8.33. The normalized spacial score (nSPS) is 15.1. The molecule has 0 aliphatic carbocycles. The van der Waals surface area contributed by atoms with Crippen molar-refractivity contribution in [1.29, 1.82) is 0 Å². The van der Waals surface area contributed by atoms with E-state index in [1.165, 1.54) is 0 Å². The van der Waals surface area contributed by atoms with E-state index in [9.17, 15) is 9.59 Å². The lowest BCUT2D eigenvalue weighted by atomic mass is 10.0. The summed E-state index contributed by atoms with van der Waals surface area (Å²) in [4.78, 5) is 29.1. The van der Waals surface area contributed by atoms with E-state index in [4.69, 9.17) is 5.11 Å². The highest BCUT2D eigenvalue weighted by molar-refractivity contribution is 5.85. The van der Waals surface area contributed by atoms with Crippen molar-refractivity contribution in [3.63, 3.8) is 0 Å². The minimum Gasteiger partial charge on any atom is -0.480 e. The van der Waals surface area contributed by atoms with Gasteiger partial charge in [-0.25, -0.2) is 4.98 Å². The molecule has 0 bridgehead atoms. The molecule has 1 amide bonds. The first kappa shape index (κ1) is 20.4. The Bertz CT molecular complexity index is 527. The maximum atomic E-state index is 12.3. The van der Waals surface area contributed by atoms with Crippen LogP contribution in [-0.2, 0) is 22.6 Å². The molecular weight excluding hydrogens is 332 g/mol. The topological polar surface area (TPSA) is 87.5 Å². The summed E-state index contributed by atoms with van der Waals surface area (Å²) in [7, 11) is 0. The molecule has 1 aliphatic heterocycles. The van der Waals surface area contributed by atoms with E-state index in [0.717, 1.165) is 38.9 Å². The Morgan fingerprint density at radius 3 is 2.71 bits per heavy atom. The van der Waals surface area contributed by atoms with Crippen LogP contribution in [0, 0.1) is 0 Å². The average Bonchev–Trinajstić information content (AvgIpc) is 2.97. The minimum absolute atomic E-state index is 0. The lowest BCUT2D eigenvalue weighted by molar-refractivity contribution is -0.137. The number of aliphatic carboxylic acids is 1. The molecule has 1 aromatic rings. The highest BCUT2D eigenvalue weighted by atomic mass is 35.5. The Hall–Kier alpha value is -1.60. The molecular formula is C16H27ClN4O3. The van der Waals surface area contributed by atoms with E-state index in [1.54, 1.807) is 17.0 Å². The molecule has 1 aromatic heterocycles. The Morgan fingerprint density at radius 1 is 1.38 bits per heavy atom. The van der Waals surface area contributed by atoms with Gasteiger partial charge in [0.05, 0.1) is 0 Å². The molecule has 1 aliphatic rings. The van der Waals surface area contributed by atoms with Gasteiger partial charge in [0.2, 0.25) is 5.91 Å². The number of likely N-dealkylation sites (tertiary alicyclic amines) is 1. The molecule has 0 spiro atoms. The number of carbonyl (C=O) groups is 2. The number of rotatable bonds is 8. The molecule has 2 N–H and O–H groups in total. The van der Waals surface area contributed by atoms with Crippen LogP contribution in [0.4, 0.5) is 0 Å². The van der Waals surface area contributed by atoms with Gasteiger partial charge < -0.3 is 19.9 Å². The number of carbonyl (C=O) groups excluding carboxylic acids is 1. The second kappa shape index (κ2) is 10.3. The van der Waals surface area contributed by atoms with Crippen molar-refractivity contribution in [2.75, 3.05) is 19.6 Å². The van der Waals surface area contributed by atoms with Crippen LogP contribution in [0.3, 0.4) is 0 Å². The number of halogens is 1. The van der Waals surface area contributed by atoms with Crippen molar-refractivity contribution in [2.45, 2.75) is 51.6 Å². The zero-order valence-electron chi connectivity index (χ0n) is 14.1. The fraction of sp³-hybridized carbons (Fsp3) is 0.688. The standard InChI is InChI=1S/C16H26N4O3.ClH/c1-2-7-17-13-5-9-19(10-6-13)15(21)4-3-14-18-8-11-20(14)12-16(22)23;/h8,11,13,17H,2-7,9-10,12H2,1H3,(H,22,23);1H. The van der Waals surface area contributed by atoms with Crippen LogP contribution >= 0.6 is 12.4 Å². The molecule has 1 saturated heterocycles. The summed E-state index contributed by atoms with van der Waals surface area (Å²) < 4.78 is 1.58. The van der Waals surface area contributed by atoms with Gasteiger partial charge in [-0.2, -0.15) is 0 Å². The number of aromatic nitrogens is 2. The number of amides is 1. The third kappa shape index (κ3) is 6.13. The summed E-state index contributed by atoms with van der Waals surface area (Å²) >= 11 is 0. The summed E-state index contributed by atoms with van der Waals surface area (Å²) in [5.41, 5.74) is 0. The third-order valence-corrected chi connectivity index (χ3v) is 4.20. The van der Waals surface area contributed by atoms with E-state index < -0.39 is 5.97 Å². The highest BCUT2D eigenvalue weighted by Crippen LogP contribution is 2.12. The van der Waals surface area contributed by atoms with Crippen LogP contribution in [0.5, 0.6) is 0 Å². The molecule has 0 saturated carbocycles. The van der Waals surface area contributed by atoms with E-state index >= 15 is 0 Å². The maximum Gasteiger partial charge on any atom is 0.323 e. The smallest absolute Gasteiger partial charge is 0.323 e. The molecule has 136 valence electrons. The number of imidazole rings is 1. The van der Waals surface area contributed by atoms with Crippen LogP contribution < -0.4 is 5.32 Å². The van der Waals surface area contributed by atoms with E-state index in [1.807, 2.05) is 4.90 Å². The number of hydrogen-bond acceptors (Lipinski definition) is 4. The molecule has 1 fully saturated rings. The van der Waals surface area contributed by atoms with Gasteiger partial charge in [0, 0.05) is 44.4 Å². The van der Waals surface area contributed by atoms with Crippen molar-refractivity contribution in [2.24, 2.45) is 0 Å². The molecule has 2 heterocycles. The van der Waals surface area contributed by atoms with Gasteiger partial charge in [0.1, 0.15) is 12.4 Å². The number of carboxylic acid groups (broad SMARTS) is 1. The van der Waals surface area contributed by atoms with Crippen LogP contribution in [0.25, 0.3) is 0 Å². The predicted molar refractivity (Wildman–Crippen MR) is 93.3 cm³/mol. The molecule has 24 heavy (non-hydrogen) atoms. The van der Waals surface area contributed by atoms with E-state index in [0.29, 0.717) is 24.7 Å². The number of aryl methyl sites for hydroxylation is 1. The summed E-state index contributed by atoms with van der Waals surface area (Å²) in [6.07, 6.45) is 7.20. The van der Waals surface area contributed by atoms with Crippen LogP contribution in [0.1, 0.15) is 38.4 Å². The van der Waals surface area contributed by atoms with Gasteiger partial charge >= 0.3 is 5.97 Å². The second-order valence-corrected chi connectivity index (χ2v) is 5.97. The van der Waals surface area contributed by atoms with Gasteiger partial charge in [-0.1, -0.05) is 6.92 Å². The molecule has 0 unspecified atom stereocenters. The first-order chi connectivity index (χ1) is 11.1. The van der Waals surface area contributed by atoms with Crippen molar-refractivity contribution >= 4 is 24.3 Å². The predicted octanol–water partition coefficient (Wildman–Crippen LogP) is 1.31.